The SMILES string of the molecule is CC(C)Oc1ccccc1N1CCN(C2CCCCC2NC(=O)Nc2ccccc2Cl)CC1. The second-order valence-electron chi connectivity index (χ2n) is 9.19. The molecule has 6 nitrogen and oxygen atoms in total. The molecule has 1 aliphatic carbocycles. The van der Waals surface area contributed by atoms with Crippen LogP contribution in [-0.2, 0) is 0 Å². The average molecular weight is 471 g/mol. The van der Waals surface area contributed by atoms with Crippen LogP contribution >= 0.6 is 11.6 Å². The predicted octanol–water partition coefficient (Wildman–Crippen LogP) is 5.38. The first kappa shape index (κ1) is 23.7. The number of amides is 2. The van der Waals surface area contributed by atoms with Crippen molar-refractivity contribution in [1.82, 2.24) is 10.2 Å². The highest BCUT2D eigenvalue weighted by atomic mass is 35.5. The summed E-state index contributed by atoms with van der Waals surface area (Å²) in [6.07, 6.45) is 4.63. The summed E-state index contributed by atoms with van der Waals surface area (Å²) in [4.78, 5) is 17.7. The van der Waals surface area contributed by atoms with Gasteiger partial charge in [0.25, 0.3) is 0 Å². The Morgan fingerprint density at radius 3 is 2.45 bits per heavy atom. The number of anilines is 2. The van der Waals surface area contributed by atoms with Crippen molar-refractivity contribution >= 4 is 29.0 Å². The van der Waals surface area contributed by atoms with Gasteiger partial charge in [-0.05, 0) is 51.0 Å². The van der Waals surface area contributed by atoms with Crippen molar-refractivity contribution in [3.8, 4) is 5.75 Å². The zero-order valence-electron chi connectivity index (χ0n) is 19.6. The first-order valence-electron chi connectivity index (χ1n) is 12.1. The molecule has 4 rings (SSSR count). The van der Waals surface area contributed by atoms with Gasteiger partial charge in [0.15, 0.2) is 0 Å². The molecule has 2 N–H and O–H groups in total. The van der Waals surface area contributed by atoms with Gasteiger partial charge in [-0.1, -0.05) is 48.7 Å². The number of carbonyl (C=O) groups excluding carboxylic acids is 1. The number of hydrogen-bond donors (Lipinski definition) is 2. The third kappa shape index (κ3) is 6.12. The van der Waals surface area contributed by atoms with Crippen molar-refractivity contribution in [2.75, 3.05) is 36.4 Å². The monoisotopic (exact) mass is 470 g/mol. The van der Waals surface area contributed by atoms with E-state index >= 15 is 0 Å². The van der Waals surface area contributed by atoms with E-state index in [2.05, 4.69) is 52.5 Å². The maximum atomic E-state index is 12.7. The molecule has 0 spiro atoms. The summed E-state index contributed by atoms with van der Waals surface area (Å²) in [5, 5.41) is 6.69. The van der Waals surface area contributed by atoms with Gasteiger partial charge in [-0.25, -0.2) is 4.79 Å². The zero-order valence-corrected chi connectivity index (χ0v) is 20.4. The van der Waals surface area contributed by atoms with Gasteiger partial charge in [0, 0.05) is 38.3 Å². The number of halogens is 1. The number of rotatable bonds is 6. The van der Waals surface area contributed by atoms with Crippen molar-refractivity contribution < 1.29 is 9.53 Å². The van der Waals surface area contributed by atoms with Crippen LogP contribution in [0.2, 0.25) is 5.02 Å². The number of urea groups is 1. The Hall–Kier alpha value is -2.44. The molecule has 1 saturated carbocycles. The minimum Gasteiger partial charge on any atom is -0.489 e. The molecule has 1 aliphatic heterocycles. The van der Waals surface area contributed by atoms with Crippen LogP contribution in [0.25, 0.3) is 0 Å². The molecule has 178 valence electrons. The summed E-state index contributed by atoms with van der Waals surface area (Å²) in [7, 11) is 0. The molecule has 33 heavy (non-hydrogen) atoms. The van der Waals surface area contributed by atoms with Gasteiger partial charge in [0.2, 0.25) is 0 Å². The fourth-order valence-corrected chi connectivity index (χ4v) is 5.16. The molecule has 2 fully saturated rings. The smallest absolute Gasteiger partial charge is 0.319 e. The summed E-state index contributed by atoms with van der Waals surface area (Å²) in [5.41, 5.74) is 1.81. The zero-order chi connectivity index (χ0) is 23.2. The fraction of sp³-hybridized carbons (Fsp3) is 0.500. The van der Waals surface area contributed by atoms with Crippen LogP contribution in [0.5, 0.6) is 5.75 Å². The van der Waals surface area contributed by atoms with Gasteiger partial charge >= 0.3 is 6.03 Å². The largest absolute Gasteiger partial charge is 0.489 e. The van der Waals surface area contributed by atoms with E-state index in [1.54, 1.807) is 6.07 Å². The number of benzene rings is 2. The lowest BCUT2D eigenvalue weighted by molar-refractivity contribution is 0.118. The number of para-hydroxylation sites is 3. The van der Waals surface area contributed by atoms with E-state index < -0.39 is 0 Å². The Morgan fingerprint density at radius 2 is 1.70 bits per heavy atom. The Bertz CT molecular complexity index is 930. The minimum atomic E-state index is -0.182. The van der Waals surface area contributed by atoms with Crippen LogP contribution < -0.4 is 20.3 Å². The van der Waals surface area contributed by atoms with Crippen LogP contribution in [0.1, 0.15) is 39.5 Å². The van der Waals surface area contributed by atoms with Gasteiger partial charge in [-0.2, -0.15) is 0 Å². The lowest BCUT2D eigenvalue weighted by Crippen LogP contribution is -2.58. The first-order chi connectivity index (χ1) is 16.0. The van der Waals surface area contributed by atoms with E-state index in [0.29, 0.717) is 16.8 Å². The lowest BCUT2D eigenvalue weighted by atomic mass is 9.88. The molecule has 1 saturated heterocycles. The summed E-state index contributed by atoms with van der Waals surface area (Å²) < 4.78 is 6.04. The highest BCUT2D eigenvalue weighted by Gasteiger charge is 2.33. The minimum absolute atomic E-state index is 0.143. The van der Waals surface area contributed by atoms with Gasteiger partial charge in [0.1, 0.15) is 5.75 Å². The summed E-state index contributed by atoms with van der Waals surface area (Å²) in [6, 6.07) is 16.0. The highest BCUT2D eigenvalue weighted by molar-refractivity contribution is 6.33. The van der Waals surface area contributed by atoms with Crippen molar-refractivity contribution in [3.05, 3.63) is 53.6 Å². The second-order valence-corrected chi connectivity index (χ2v) is 9.60. The molecule has 0 radical (unpaired) electrons. The van der Waals surface area contributed by atoms with E-state index in [0.717, 1.165) is 51.2 Å². The van der Waals surface area contributed by atoms with E-state index in [-0.39, 0.29) is 18.2 Å². The van der Waals surface area contributed by atoms with Gasteiger partial charge in [-0.3, -0.25) is 4.90 Å². The molecule has 2 aliphatic rings. The van der Waals surface area contributed by atoms with Crippen LogP contribution in [0.15, 0.2) is 48.5 Å². The number of hydrogen-bond acceptors (Lipinski definition) is 4. The van der Waals surface area contributed by atoms with Crippen molar-refractivity contribution in [2.45, 2.75) is 57.7 Å². The van der Waals surface area contributed by atoms with Crippen LogP contribution in [0.4, 0.5) is 16.2 Å². The quantitative estimate of drug-likeness (QED) is 0.595. The first-order valence-corrected chi connectivity index (χ1v) is 12.5. The van der Waals surface area contributed by atoms with Gasteiger partial charge in [-0.15, -0.1) is 0 Å². The topological polar surface area (TPSA) is 56.8 Å². The van der Waals surface area contributed by atoms with Crippen molar-refractivity contribution in [3.63, 3.8) is 0 Å². The van der Waals surface area contributed by atoms with E-state index in [9.17, 15) is 4.79 Å². The van der Waals surface area contributed by atoms with Gasteiger partial charge < -0.3 is 20.3 Å². The van der Waals surface area contributed by atoms with Crippen LogP contribution in [0.3, 0.4) is 0 Å². The Labute approximate surface area is 202 Å². The third-order valence-corrected chi connectivity index (χ3v) is 6.85. The molecular formula is C26H35ClN4O2. The molecule has 1 heterocycles. The molecule has 0 bridgehead atoms. The van der Waals surface area contributed by atoms with Crippen molar-refractivity contribution in [1.29, 1.82) is 0 Å². The molecule has 2 unspecified atom stereocenters. The third-order valence-electron chi connectivity index (χ3n) is 6.52. The predicted molar refractivity (Wildman–Crippen MR) is 136 cm³/mol. The maximum absolute atomic E-state index is 12.7. The number of nitrogens with one attached hydrogen (secondary N) is 2. The van der Waals surface area contributed by atoms with Crippen LogP contribution in [-0.4, -0.2) is 55.3 Å². The Kier molecular flexibility index (Phi) is 7.99. The summed E-state index contributed by atoms with van der Waals surface area (Å²) in [5.74, 6) is 0.953. The van der Waals surface area contributed by atoms with Gasteiger partial charge in [0.05, 0.1) is 22.5 Å². The van der Waals surface area contributed by atoms with E-state index in [1.807, 2.05) is 24.3 Å². The van der Waals surface area contributed by atoms with Crippen molar-refractivity contribution in [2.24, 2.45) is 0 Å². The van der Waals surface area contributed by atoms with E-state index in [4.69, 9.17) is 16.3 Å². The number of piperazine rings is 1. The number of nitrogens with zero attached hydrogens (tertiary/aromatic N) is 2. The van der Waals surface area contributed by atoms with Crippen LogP contribution in [0, 0.1) is 0 Å². The molecular weight excluding hydrogens is 436 g/mol. The highest BCUT2D eigenvalue weighted by Crippen LogP contribution is 2.31. The van der Waals surface area contributed by atoms with E-state index in [1.165, 1.54) is 12.1 Å². The standard InChI is InChI=1S/C26H35ClN4O2/c1-19(2)33-25-14-8-7-13-24(25)31-17-15-30(16-18-31)23-12-6-5-11-22(23)29-26(32)28-21-10-4-3-9-20(21)27/h3-4,7-10,13-14,19,22-23H,5-6,11-12,15-18H2,1-2H3,(H2,28,29,32). The maximum Gasteiger partial charge on any atom is 0.319 e. The Balaban J connectivity index is 1.36. The Morgan fingerprint density at radius 1 is 1.00 bits per heavy atom. The second kappa shape index (κ2) is 11.1. The number of carbonyl (C=O) groups is 1. The number of ether oxygens (including phenoxy) is 1. The molecule has 2 amide bonds. The molecule has 7 heteroatoms. The fourth-order valence-electron chi connectivity index (χ4n) is 4.97. The average Bonchev–Trinajstić information content (AvgIpc) is 2.81. The molecule has 0 aromatic heterocycles. The molecule has 2 aromatic carbocycles. The lowest BCUT2D eigenvalue weighted by Gasteiger charge is -2.45. The summed E-state index contributed by atoms with van der Waals surface area (Å²) >= 11 is 6.20. The normalized spacial score (nSPS) is 21.6. The molecule has 2 atom stereocenters. The molecule has 2 aromatic rings. The summed E-state index contributed by atoms with van der Waals surface area (Å²) in [6.45, 7) is 7.98.